The molecule has 0 unspecified atom stereocenters. The number of ketones is 3. The zero-order chi connectivity index (χ0) is 13.8. The lowest BCUT2D eigenvalue weighted by molar-refractivity contribution is -0.119. The first-order valence-corrected chi connectivity index (χ1v) is 6.82. The fraction of sp³-hybridized carbons (Fsp3) is 0.667. The molecule has 0 saturated heterocycles. The van der Waals surface area contributed by atoms with E-state index in [2.05, 4.69) is 0 Å². The minimum atomic E-state index is 0.0860. The molecule has 0 rings (SSSR count). The van der Waals surface area contributed by atoms with Crippen molar-refractivity contribution in [1.29, 1.82) is 0 Å². The highest BCUT2D eigenvalue weighted by molar-refractivity contribution is 5.89. The molecule has 0 N–H and O–H groups in total. The highest BCUT2D eigenvalue weighted by Crippen LogP contribution is 2.04. The Morgan fingerprint density at radius 2 is 1.39 bits per heavy atom. The molecule has 0 aromatic rings. The molecule has 0 heterocycles. The molecule has 0 saturated carbocycles. The summed E-state index contributed by atoms with van der Waals surface area (Å²) in [6.07, 6.45) is 8.28. The third-order valence-electron chi connectivity index (χ3n) is 2.81. The number of carbonyl (C=O) groups excluding carboxylic acids is 3. The Labute approximate surface area is 110 Å². The van der Waals surface area contributed by atoms with Crippen LogP contribution in [0.25, 0.3) is 0 Å². The molecule has 0 amide bonds. The smallest absolute Gasteiger partial charge is 0.155 e. The van der Waals surface area contributed by atoms with Crippen LogP contribution in [0.1, 0.15) is 65.2 Å². The van der Waals surface area contributed by atoms with Gasteiger partial charge in [0.15, 0.2) is 5.78 Å². The van der Waals surface area contributed by atoms with Crippen LogP contribution in [0, 0.1) is 0 Å². The van der Waals surface area contributed by atoms with Crippen LogP contribution in [0.2, 0.25) is 0 Å². The van der Waals surface area contributed by atoms with Crippen molar-refractivity contribution in [3.05, 3.63) is 12.2 Å². The monoisotopic (exact) mass is 252 g/mol. The van der Waals surface area contributed by atoms with Gasteiger partial charge >= 0.3 is 0 Å². The van der Waals surface area contributed by atoms with Crippen molar-refractivity contribution >= 4 is 17.3 Å². The van der Waals surface area contributed by atoms with Crippen LogP contribution in [0.15, 0.2) is 12.2 Å². The van der Waals surface area contributed by atoms with Crippen LogP contribution in [0.3, 0.4) is 0 Å². The average molecular weight is 252 g/mol. The summed E-state index contributed by atoms with van der Waals surface area (Å²) in [5.74, 6) is 0.573. The van der Waals surface area contributed by atoms with E-state index >= 15 is 0 Å². The van der Waals surface area contributed by atoms with E-state index < -0.39 is 0 Å². The third kappa shape index (κ3) is 9.94. The van der Waals surface area contributed by atoms with Gasteiger partial charge in [-0.25, -0.2) is 0 Å². The summed E-state index contributed by atoms with van der Waals surface area (Å²) in [5, 5.41) is 0. The number of rotatable bonds is 11. The van der Waals surface area contributed by atoms with Gasteiger partial charge < -0.3 is 0 Å². The Kier molecular flexibility index (Phi) is 10.1. The summed E-state index contributed by atoms with van der Waals surface area (Å²) < 4.78 is 0. The molecule has 102 valence electrons. The molecule has 0 aliphatic rings. The fourth-order valence-corrected chi connectivity index (χ4v) is 1.52. The second kappa shape index (κ2) is 10.9. The average Bonchev–Trinajstić information content (AvgIpc) is 2.38. The summed E-state index contributed by atoms with van der Waals surface area (Å²) in [7, 11) is 0. The summed E-state index contributed by atoms with van der Waals surface area (Å²) >= 11 is 0. The minimum Gasteiger partial charge on any atom is -0.300 e. The van der Waals surface area contributed by atoms with Crippen molar-refractivity contribution in [3.8, 4) is 0 Å². The van der Waals surface area contributed by atoms with Gasteiger partial charge in [0.1, 0.15) is 11.6 Å². The van der Waals surface area contributed by atoms with Gasteiger partial charge in [0.05, 0.1) is 0 Å². The molecule has 3 heteroatoms. The molecule has 0 spiro atoms. The van der Waals surface area contributed by atoms with Crippen molar-refractivity contribution in [2.24, 2.45) is 0 Å². The molecule has 0 aliphatic carbocycles. The topological polar surface area (TPSA) is 51.2 Å². The van der Waals surface area contributed by atoms with Crippen LogP contribution in [0.4, 0.5) is 0 Å². The second-order valence-electron chi connectivity index (χ2n) is 4.40. The molecular formula is C15H24O3. The molecule has 0 atom stereocenters. The van der Waals surface area contributed by atoms with E-state index in [0.29, 0.717) is 38.5 Å². The first kappa shape index (κ1) is 16.8. The zero-order valence-corrected chi connectivity index (χ0v) is 11.5. The predicted molar refractivity (Wildman–Crippen MR) is 72.4 cm³/mol. The molecule has 3 nitrogen and oxygen atoms in total. The van der Waals surface area contributed by atoms with Crippen molar-refractivity contribution < 1.29 is 14.4 Å². The van der Waals surface area contributed by atoms with Gasteiger partial charge in [-0.3, -0.25) is 14.4 Å². The third-order valence-corrected chi connectivity index (χ3v) is 2.81. The van der Waals surface area contributed by atoms with Gasteiger partial charge in [-0.05, 0) is 25.3 Å². The fourth-order valence-electron chi connectivity index (χ4n) is 1.52. The van der Waals surface area contributed by atoms with E-state index in [9.17, 15) is 14.4 Å². The van der Waals surface area contributed by atoms with Crippen LogP contribution < -0.4 is 0 Å². The zero-order valence-electron chi connectivity index (χ0n) is 11.5. The van der Waals surface area contributed by atoms with Gasteiger partial charge in [-0.2, -0.15) is 0 Å². The van der Waals surface area contributed by atoms with Crippen LogP contribution >= 0.6 is 0 Å². The lowest BCUT2D eigenvalue weighted by Gasteiger charge is -1.97. The Balaban J connectivity index is 3.56. The largest absolute Gasteiger partial charge is 0.300 e. The highest BCUT2D eigenvalue weighted by Gasteiger charge is 2.01. The number of Topliss-reactive ketones (excluding diaryl/α,β-unsaturated/α-hetero) is 2. The van der Waals surface area contributed by atoms with Gasteiger partial charge in [-0.1, -0.05) is 19.9 Å². The Morgan fingerprint density at radius 1 is 0.833 bits per heavy atom. The van der Waals surface area contributed by atoms with Gasteiger partial charge in [0, 0.05) is 32.1 Å². The molecule has 0 bridgehead atoms. The van der Waals surface area contributed by atoms with E-state index in [1.165, 1.54) is 0 Å². The van der Waals surface area contributed by atoms with Crippen LogP contribution in [-0.4, -0.2) is 17.3 Å². The van der Waals surface area contributed by atoms with Crippen molar-refractivity contribution in [2.75, 3.05) is 0 Å². The van der Waals surface area contributed by atoms with Gasteiger partial charge in [0.25, 0.3) is 0 Å². The summed E-state index contributed by atoms with van der Waals surface area (Å²) in [5.41, 5.74) is 0. The SMILES string of the molecule is CCC(=O)CCC=CC(=O)CCCCC(=O)CC. The second-order valence-corrected chi connectivity index (χ2v) is 4.40. The molecule has 0 aliphatic heterocycles. The maximum atomic E-state index is 11.4. The quantitative estimate of drug-likeness (QED) is 0.418. The van der Waals surface area contributed by atoms with Gasteiger partial charge in [-0.15, -0.1) is 0 Å². The Hall–Kier alpha value is -1.25. The van der Waals surface area contributed by atoms with E-state index in [-0.39, 0.29) is 17.3 Å². The first-order chi connectivity index (χ1) is 8.60. The summed E-state index contributed by atoms with van der Waals surface area (Å²) in [6, 6.07) is 0. The number of allylic oxidation sites excluding steroid dienone is 2. The van der Waals surface area contributed by atoms with E-state index in [0.717, 1.165) is 12.8 Å². The lowest BCUT2D eigenvalue weighted by atomic mass is 10.1. The standard InChI is InChI=1S/C15H24O3/c1-3-13(16)9-5-7-11-15(18)12-8-6-10-14(17)4-2/h7,11H,3-6,8-10,12H2,1-2H3. The van der Waals surface area contributed by atoms with Crippen molar-refractivity contribution in [1.82, 2.24) is 0 Å². The van der Waals surface area contributed by atoms with Crippen molar-refractivity contribution in [3.63, 3.8) is 0 Å². The number of hydrogen-bond acceptors (Lipinski definition) is 3. The van der Waals surface area contributed by atoms with E-state index in [1.807, 2.05) is 13.8 Å². The molecule has 0 aromatic heterocycles. The minimum absolute atomic E-state index is 0.0860. The Morgan fingerprint density at radius 3 is 2.00 bits per heavy atom. The first-order valence-electron chi connectivity index (χ1n) is 6.82. The Bertz CT molecular complexity index is 303. The normalized spacial score (nSPS) is 10.8. The summed E-state index contributed by atoms with van der Waals surface area (Å²) in [6.45, 7) is 3.70. The molecule has 0 fully saturated rings. The van der Waals surface area contributed by atoms with Gasteiger partial charge in [0.2, 0.25) is 0 Å². The molecule has 18 heavy (non-hydrogen) atoms. The van der Waals surface area contributed by atoms with Crippen LogP contribution in [0.5, 0.6) is 0 Å². The number of carbonyl (C=O) groups is 3. The molecule has 0 aromatic carbocycles. The maximum absolute atomic E-state index is 11.4. The van der Waals surface area contributed by atoms with Crippen LogP contribution in [-0.2, 0) is 14.4 Å². The number of hydrogen-bond donors (Lipinski definition) is 0. The highest BCUT2D eigenvalue weighted by atomic mass is 16.1. The van der Waals surface area contributed by atoms with E-state index in [4.69, 9.17) is 0 Å². The molecular weight excluding hydrogens is 228 g/mol. The lowest BCUT2D eigenvalue weighted by Crippen LogP contribution is -1.97. The predicted octanol–water partition coefficient (Wildman–Crippen LogP) is 3.41. The van der Waals surface area contributed by atoms with E-state index in [1.54, 1.807) is 12.2 Å². The number of unbranched alkanes of at least 4 members (excludes halogenated alkanes) is 1. The summed E-state index contributed by atoms with van der Waals surface area (Å²) in [4.78, 5) is 33.5. The maximum Gasteiger partial charge on any atom is 0.155 e. The van der Waals surface area contributed by atoms with Crippen molar-refractivity contribution in [2.45, 2.75) is 65.2 Å². The molecule has 0 radical (unpaired) electrons.